The number of fused-ring (bicyclic) bond motifs is 1. The molecule has 0 saturated heterocycles. The van der Waals surface area contributed by atoms with Gasteiger partial charge in [0.2, 0.25) is 5.91 Å². The first-order valence-corrected chi connectivity index (χ1v) is 10.1. The van der Waals surface area contributed by atoms with Gasteiger partial charge in [0, 0.05) is 33.6 Å². The molecule has 0 fully saturated rings. The first-order chi connectivity index (χ1) is 13.4. The van der Waals surface area contributed by atoms with Gasteiger partial charge >= 0.3 is 0 Å². The minimum Gasteiger partial charge on any atom is -0.505 e. The second kappa shape index (κ2) is 8.99. The second-order valence-corrected chi connectivity index (χ2v) is 7.72. The largest absolute Gasteiger partial charge is 0.505 e. The maximum atomic E-state index is 12.5. The maximum Gasteiger partial charge on any atom is 0.220 e. The highest BCUT2D eigenvalue weighted by Gasteiger charge is 2.25. The van der Waals surface area contributed by atoms with Crippen molar-refractivity contribution in [3.8, 4) is 5.75 Å². The Bertz CT molecular complexity index is 1020. The molecule has 0 radical (unpaired) electrons. The summed E-state index contributed by atoms with van der Waals surface area (Å²) in [5, 5.41) is 15.8. The molecule has 0 aliphatic heterocycles. The number of phenols is 1. The molecule has 3 aromatic rings. The molecule has 28 heavy (non-hydrogen) atoms. The molecule has 1 atom stereocenters. The summed E-state index contributed by atoms with van der Waals surface area (Å²) in [6, 6.07) is 9.47. The van der Waals surface area contributed by atoms with Gasteiger partial charge in [-0.3, -0.25) is 9.78 Å². The van der Waals surface area contributed by atoms with E-state index >= 15 is 0 Å². The van der Waals surface area contributed by atoms with Crippen molar-refractivity contribution < 1.29 is 9.90 Å². The van der Waals surface area contributed by atoms with Crippen molar-refractivity contribution in [2.75, 3.05) is 0 Å². The number of benzene rings is 2. The van der Waals surface area contributed by atoms with Crippen molar-refractivity contribution in [1.29, 1.82) is 0 Å². The molecule has 0 aliphatic carbocycles. The third kappa shape index (κ3) is 4.35. The number of pyridine rings is 1. The van der Waals surface area contributed by atoms with Gasteiger partial charge in [-0.25, -0.2) is 0 Å². The van der Waals surface area contributed by atoms with Crippen LogP contribution in [-0.2, 0) is 4.79 Å². The lowest BCUT2D eigenvalue weighted by Gasteiger charge is -2.23. The van der Waals surface area contributed by atoms with Crippen LogP contribution in [0.15, 0.2) is 42.6 Å². The Morgan fingerprint density at radius 3 is 2.64 bits per heavy atom. The normalized spacial score (nSPS) is 12.1. The van der Waals surface area contributed by atoms with Crippen LogP contribution >= 0.6 is 34.8 Å². The summed E-state index contributed by atoms with van der Waals surface area (Å²) in [4.78, 5) is 16.7. The van der Waals surface area contributed by atoms with Crippen molar-refractivity contribution in [1.82, 2.24) is 10.3 Å². The highest BCUT2D eigenvalue weighted by atomic mass is 35.5. The fourth-order valence-corrected chi connectivity index (χ4v) is 3.84. The molecule has 0 saturated carbocycles. The number of nitrogens with zero attached hydrogens (tertiary/aromatic N) is 1. The van der Waals surface area contributed by atoms with Gasteiger partial charge in [0.15, 0.2) is 0 Å². The van der Waals surface area contributed by atoms with E-state index in [1.165, 1.54) is 0 Å². The molecular weight excluding hydrogens is 419 g/mol. The van der Waals surface area contributed by atoms with Gasteiger partial charge in [-0.05, 0) is 42.3 Å². The van der Waals surface area contributed by atoms with Crippen molar-refractivity contribution in [3.05, 3.63) is 68.8 Å². The topological polar surface area (TPSA) is 62.2 Å². The number of phenolic OH excluding ortho intramolecular Hbond substituents is 1. The first-order valence-electron chi connectivity index (χ1n) is 8.92. The standard InChI is InChI=1S/C21H19Cl3N2O2/c1-2-3-6-18(27)26-19(14-8-7-12(22)10-16(14)23)15-11-17(24)13-5-4-9-25-20(13)21(15)28/h4-5,7-11,19,28H,2-3,6H2,1H3,(H,26,27). The van der Waals surface area contributed by atoms with E-state index in [2.05, 4.69) is 10.3 Å². The Kier molecular flexibility index (Phi) is 6.65. The number of carbonyl (C=O) groups excluding carboxylic acids is 1. The van der Waals surface area contributed by atoms with Gasteiger partial charge in [0.1, 0.15) is 11.3 Å². The molecule has 2 aromatic carbocycles. The van der Waals surface area contributed by atoms with Crippen molar-refractivity contribution in [2.24, 2.45) is 0 Å². The Morgan fingerprint density at radius 1 is 1.14 bits per heavy atom. The average molecular weight is 438 g/mol. The van der Waals surface area contributed by atoms with Crippen molar-refractivity contribution >= 4 is 51.6 Å². The summed E-state index contributed by atoms with van der Waals surface area (Å²) in [6.07, 6.45) is 3.61. The molecule has 0 bridgehead atoms. The Balaban J connectivity index is 2.15. The predicted octanol–water partition coefficient (Wildman–Crippen LogP) is 6.30. The van der Waals surface area contributed by atoms with E-state index < -0.39 is 6.04 Å². The summed E-state index contributed by atoms with van der Waals surface area (Å²) in [7, 11) is 0. The van der Waals surface area contributed by atoms with Gasteiger partial charge in [-0.2, -0.15) is 0 Å². The Morgan fingerprint density at radius 2 is 1.93 bits per heavy atom. The molecule has 1 heterocycles. The zero-order chi connectivity index (χ0) is 20.3. The SMILES string of the molecule is CCCCC(=O)NC(c1ccc(Cl)cc1Cl)c1cc(Cl)c2cccnc2c1O. The number of halogens is 3. The lowest BCUT2D eigenvalue weighted by Crippen LogP contribution is -2.29. The number of hydrogen-bond donors (Lipinski definition) is 2. The molecule has 0 aliphatic rings. The van der Waals surface area contributed by atoms with Crippen LogP contribution in [0.2, 0.25) is 15.1 Å². The molecule has 4 nitrogen and oxygen atoms in total. The van der Waals surface area contributed by atoms with Crippen LogP contribution < -0.4 is 5.32 Å². The number of hydrogen-bond acceptors (Lipinski definition) is 3. The summed E-state index contributed by atoms with van der Waals surface area (Å²) >= 11 is 18.9. The van der Waals surface area contributed by atoms with E-state index in [9.17, 15) is 9.90 Å². The Labute approximate surface area is 178 Å². The smallest absolute Gasteiger partial charge is 0.220 e. The number of aromatic nitrogens is 1. The summed E-state index contributed by atoms with van der Waals surface area (Å²) < 4.78 is 0. The number of unbranched alkanes of at least 4 members (excludes halogenated alkanes) is 1. The molecule has 3 rings (SSSR count). The molecule has 0 spiro atoms. The monoisotopic (exact) mass is 436 g/mol. The molecule has 1 unspecified atom stereocenters. The molecule has 7 heteroatoms. The lowest BCUT2D eigenvalue weighted by molar-refractivity contribution is -0.121. The first kappa shape index (κ1) is 20.7. The highest BCUT2D eigenvalue weighted by Crippen LogP contribution is 2.40. The third-order valence-electron chi connectivity index (χ3n) is 4.49. The second-order valence-electron chi connectivity index (χ2n) is 6.47. The molecule has 1 aromatic heterocycles. The Hall–Kier alpha value is -2.01. The van der Waals surface area contributed by atoms with Crippen LogP contribution in [0.1, 0.15) is 43.4 Å². The molecular formula is C21H19Cl3N2O2. The van der Waals surface area contributed by atoms with Gasteiger partial charge in [0.25, 0.3) is 0 Å². The van der Waals surface area contributed by atoms with E-state index in [1.807, 2.05) is 6.92 Å². The van der Waals surface area contributed by atoms with E-state index in [0.29, 0.717) is 43.5 Å². The minimum atomic E-state index is -0.696. The zero-order valence-corrected chi connectivity index (χ0v) is 17.4. The quantitative estimate of drug-likeness (QED) is 0.476. The van der Waals surface area contributed by atoms with Crippen molar-refractivity contribution in [2.45, 2.75) is 32.2 Å². The van der Waals surface area contributed by atoms with Gasteiger partial charge in [0.05, 0.1) is 11.1 Å². The molecule has 2 N–H and O–H groups in total. The lowest BCUT2D eigenvalue weighted by atomic mass is 9.95. The van der Waals surface area contributed by atoms with Gasteiger partial charge < -0.3 is 10.4 Å². The highest BCUT2D eigenvalue weighted by molar-refractivity contribution is 6.36. The van der Waals surface area contributed by atoms with Crippen LogP contribution in [0.25, 0.3) is 10.9 Å². The van der Waals surface area contributed by atoms with Crippen LogP contribution in [0.3, 0.4) is 0 Å². The summed E-state index contributed by atoms with van der Waals surface area (Å²) in [5.74, 6) is -0.193. The van der Waals surface area contributed by atoms with Gasteiger partial charge in [-0.1, -0.05) is 54.2 Å². The van der Waals surface area contributed by atoms with Crippen LogP contribution in [0.5, 0.6) is 5.75 Å². The fourth-order valence-electron chi connectivity index (χ4n) is 3.06. The van der Waals surface area contributed by atoms with Crippen LogP contribution in [0, 0.1) is 0 Å². The zero-order valence-electron chi connectivity index (χ0n) is 15.2. The number of aromatic hydroxyl groups is 1. The van der Waals surface area contributed by atoms with Crippen LogP contribution in [0.4, 0.5) is 0 Å². The summed E-state index contributed by atoms with van der Waals surface area (Å²) in [6.45, 7) is 2.02. The molecule has 1 amide bonds. The van der Waals surface area contributed by atoms with Crippen LogP contribution in [-0.4, -0.2) is 16.0 Å². The fraction of sp³-hybridized carbons (Fsp3) is 0.238. The van der Waals surface area contributed by atoms with Crippen molar-refractivity contribution in [3.63, 3.8) is 0 Å². The number of rotatable bonds is 6. The van der Waals surface area contributed by atoms with E-state index in [0.717, 1.165) is 12.8 Å². The molecule has 146 valence electrons. The number of carbonyl (C=O) groups is 1. The predicted molar refractivity (Wildman–Crippen MR) is 114 cm³/mol. The van der Waals surface area contributed by atoms with E-state index in [-0.39, 0.29) is 11.7 Å². The number of nitrogens with one attached hydrogen (secondary N) is 1. The van der Waals surface area contributed by atoms with E-state index in [4.69, 9.17) is 34.8 Å². The average Bonchev–Trinajstić information content (AvgIpc) is 2.68. The van der Waals surface area contributed by atoms with E-state index in [1.54, 1.807) is 42.6 Å². The van der Waals surface area contributed by atoms with Gasteiger partial charge in [-0.15, -0.1) is 0 Å². The maximum absolute atomic E-state index is 12.5. The number of amides is 1. The summed E-state index contributed by atoms with van der Waals surface area (Å²) in [5.41, 5.74) is 1.39. The minimum absolute atomic E-state index is 0.0493. The third-order valence-corrected chi connectivity index (χ3v) is 5.37.